The first-order chi connectivity index (χ1) is 10.3. The maximum atomic E-state index is 10.6. The van der Waals surface area contributed by atoms with E-state index in [4.69, 9.17) is 0 Å². The third kappa shape index (κ3) is 2.12. The molecule has 0 bridgehead atoms. The lowest BCUT2D eigenvalue weighted by atomic mass is 9.90. The number of aromatic nitrogens is 2. The van der Waals surface area contributed by atoms with Crippen LogP contribution in [0.15, 0.2) is 48.4 Å². The predicted molar refractivity (Wildman–Crippen MR) is 83.0 cm³/mol. The van der Waals surface area contributed by atoms with E-state index in [1.165, 1.54) is 35.2 Å². The number of fused-ring (bicyclic) bond motifs is 3. The van der Waals surface area contributed by atoms with Crippen LogP contribution in [0.1, 0.15) is 43.7 Å². The molecule has 2 aromatic rings. The first-order valence-corrected chi connectivity index (χ1v) is 7.82. The molecule has 0 fully saturated rings. The van der Waals surface area contributed by atoms with Crippen molar-refractivity contribution >= 4 is 0 Å². The quantitative estimate of drug-likeness (QED) is 0.870. The molecule has 1 aromatic heterocycles. The number of hydrogen-bond acceptors (Lipinski definition) is 2. The van der Waals surface area contributed by atoms with Gasteiger partial charge in [0.25, 0.3) is 0 Å². The number of imidazole rings is 1. The highest BCUT2D eigenvalue weighted by Crippen LogP contribution is 2.42. The maximum Gasteiger partial charge on any atom is 0.0956 e. The topological polar surface area (TPSA) is 38.1 Å². The van der Waals surface area contributed by atoms with Crippen LogP contribution in [0.4, 0.5) is 0 Å². The van der Waals surface area contributed by atoms with Crippen LogP contribution in [0, 0.1) is 0 Å². The Bertz CT molecular complexity index is 686. The molecule has 0 spiro atoms. The molecule has 3 nitrogen and oxygen atoms in total. The van der Waals surface area contributed by atoms with Gasteiger partial charge in [-0.15, -0.1) is 0 Å². The number of hydrogen-bond donors (Lipinski definition) is 1. The van der Waals surface area contributed by atoms with Crippen molar-refractivity contribution in [3.8, 4) is 11.3 Å². The van der Waals surface area contributed by atoms with Crippen LogP contribution in [0.3, 0.4) is 0 Å². The van der Waals surface area contributed by atoms with Crippen molar-refractivity contribution in [2.45, 2.75) is 44.2 Å². The summed E-state index contributed by atoms with van der Waals surface area (Å²) >= 11 is 0. The number of nitrogens with zero attached hydrogens (tertiary/aromatic N) is 2. The van der Waals surface area contributed by atoms with E-state index < -0.39 is 0 Å². The van der Waals surface area contributed by atoms with Crippen LogP contribution >= 0.6 is 0 Å². The summed E-state index contributed by atoms with van der Waals surface area (Å²) in [6.45, 7) is 0. The molecule has 1 aliphatic carbocycles. The fourth-order valence-electron chi connectivity index (χ4n) is 3.70. The standard InChI is InChI=1S/C18H20N2O/c21-18(13-6-2-1-3-7-13)10-16-14-8-4-5-9-15(14)17-11-19-12-20(16)17/h4-6,8-9,11-12,16,18,21H,1-3,7,10H2. The van der Waals surface area contributed by atoms with Crippen LogP contribution < -0.4 is 0 Å². The fraction of sp³-hybridized carbons (Fsp3) is 0.389. The highest BCUT2D eigenvalue weighted by molar-refractivity contribution is 5.68. The molecule has 2 aliphatic rings. The summed E-state index contributed by atoms with van der Waals surface area (Å²) in [7, 11) is 0. The molecule has 2 atom stereocenters. The Kier molecular flexibility index (Phi) is 3.15. The summed E-state index contributed by atoms with van der Waals surface area (Å²) in [5.74, 6) is 0. The Morgan fingerprint density at radius 1 is 1.29 bits per heavy atom. The molecular weight excluding hydrogens is 260 g/mol. The van der Waals surface area contributed by atoms with E-state index in [2.05, 4.69) is 39.9 Å². The summed E-state index contributed by atoms with van der Waals surface area (Å²) in [6.07, 6.45) is 11.1. The van der Waals surface area contributed by atoms with E-state index in [0.717, 1.165) is 19.3 Å². The smallest absolute Gasteiger partial charge is 0.0956 e. The summed E-state index contributed by atoms with van der Waals surface area (Å²) in [6, 6.07) is 8.68. The summed E-state index contributed by atoms with van der Waals surface area (Å²) in [5.41, 5.74) is 4.96. The van der Waals surface area contributed by atoms with Gasteiger partial charge in [0.15, 0.2) is 0 Å². The van der Waals surface area contributed by atoms with Crippen molar-refractivity contribution < 1.29 is 5.11 Å². The van der Waals surface area contributed by atoms with Gasteiger partial charge in [-0.1, -0.05) is 30.3 Å². The molecule has 0 saturated carbocycles. The van der Waals surface area contributed by atoms with Gasteiger partial charge in [-0.2, -0.15) is 0 Å². The van der Waals surface area contributed by atoms with E-state index in [9.17, 15) is 5.11 Å². The fourth-order valence-corrected chi connectivity index (χ4v) is 3.70. The Balaban J connectivity index is 1.65. The summed E-state index contributed by atoms with van der Waals surface area (Å²) in [4.78, 5) is 4.28. The van der Waals surface area contributed by atoms with Crippen LogP contribution in [0.2, 0.25) is 0 Å². The predicted octanol–water partition coefficient (Wildman–Crippen LogP) is 3.70. The number of aliphatic hydroxyl groups excluding tert-OH is 1. The zero-order valence-electron chi connectivity index (χ0n) is 12.1. The Morgan fingerprint density at radius 3 is 3.05 bits per heavy atom. The minimum absolute atomic E-state index is 0.205. The van der Waals surface area contributed by atoms with Crippen LogP contribution in [0.5, 0.6) is 0 Å². The van der Waals surface area contributed by atoms with Crippen LogP contribution in [-0.2, 0) is 0 Å². The number of rotatable bonds is 3. The largest absolute Gasteiger partial charge is 0.389 e. The van der Waals surface area contributed by atoms with Gasteiger partial charge in [-0.3, -0.25) is 0 Å². The Labute approximate surface area is 125 Å². The minimum Gasteiger partial charge on any atom is -0.389 e. The second kappa shape index (κ2) is 5.15. The van der Waals surface area contributed by atoms with Crippen molar-refractivity contribution in [3.05, 3.63) is 54.0 Å². The van der Waals surface area contributed by atoms with Gasteiger partial charge in [0.2, 0.25) is 0 Å². The zero-order valence-corrected chi connectivity index (χ0v) is 12.1. The monoisotopic (exact) mass is 280 g/mol. The molecule has 108 valence electrons. The third-order valence-electron chi connectivity index (χ3n) is 4.80. The molecule has 0 saturated heterocycles. The summed E-state index contributed by atoms with van der Waals surface area (Å²) in [5, 5.41) is 10.6. The first kappa shape index (κ1) is 12.8. The van der Waals surface area contributed by atoms with Crippen molar-refractivity contribution in [1.29, 1.82) is 0 Å². The molecule has 0 radical (unpaired) electrons. The molecule has 2 heterocycles. The highest BCUT2D eigenvalue weighted by Gasteiger charge is 2.30. The number of aliphatic hydroxyl groups is 1. The van der Waals surface area contributed by atoms with Gasteiger partial charge in [0.05, 0.1) is 30.4 Å². The number of benzene rings is 1. The lowest BCUT2D eigenvalue weighted by Gasteiger charge is -2.23. The van der Waals surface area contributed by atoms with Crippen LogP contribution in [0.25, 0.3) is 11.3 Å². The van der Waals surface area contributed by atoms with Gasteiger partial charge < -0.3 is 9.67 Å². The van der Waals surface area contributed by atoms with Crippen LogP contribution in [-0.4, -0.2) is 20.8 Å². The Hall–Kier alpha value is -1.87. The van der Waals surface area contributed by atoms with E-state index >= 15 is 0 Å². The van der Waals surface area contributed by atoms with E-state index in [0.29, 0.717) is 0 Å². The van der Waals surface area contributed by atoms with Gasteiger partial charge in [-0.05, 0) is 36.8 Å². The molecular formula is C18H20N2O. The first-order valence-electron chi connectivity index (χ1n) is 7.82. The molecule has 0 amide bonds. The second-order valence-electron chi connectivity index (χ2n) is 6.07. The summed E-state index contributed by atoms with van der Waals surface area (Å²) < 4.78 is 2.21. The van der Waals surface area contributed by atoms with E-state index in [1.807, 2.05) is 12.5 Å². The van der Waals surface area contributed by atoms with Crippen molar-refractivity contribution in [1.82, 2.24) is 9.55 Å². The van der Waals surface area contributed by atoms with Gasteiger partial charge in [-0.25, -0.2) is 4.98 Å². The highest BCUT2D eigenvalue weighted by atomic mass is 16.3. The van der Waals surface area contributed by atoms with Crippen molar-refractivity contribution in [3.63, 3.8) is 0 Å². The SMILES string of the molecule is OC(CC1c2ccccc2-c2cncn21)C1=CCCCC1. The minimum atomic E-state index is -0.336. The average Bonchev–Trinajstić information content (AvgIpc) is 3.11. The molecule has 1 aromatic carbocycles. The van der Waals surface area contributed by atoms with Gasteiger partial charge in [0.1, 0.15) is 0 Å². The number of allylic oxidation sites excluding steroid dienone is 1. The van der Waals surface area contributed by atoms with Gasteiger partial charge >= 0.3 is 0 Å². The maximum absolute atomic E-state index is 10.6. The average molecular weight is 280 g/mol. The molecule has 3 heteroatoms. The Morgan fingerprint density at radius 2 is 2.19 bits per heavy atom. The second-order valence-corrected chi connectivity index (χ2v) is 6.07. The zero-order chi connectivity index (χ0) is 14.2. The molecule has 4 rings (SSSR count). The van der Waals surface area contributed by atoms with E-state index in [-0.39, 0.29) is 12.1 Å². The lowest BCUT2D eigenvalue weighted by molar-refractivity contribution is 0.179. The lowest BCUT2D eigenvalue weighted by Crippen LogP contribution is -2.19. The molecule has 2 unspecified atom stereocenters. The molecule has 1 N–H and O–H groups in total. The van der Waals surface area contributed by atoms with Crippen molar-refractivity contribution in [2.24, 2.45) is 0 Å². The normalized spacial score (nSPS) is 21.6. The van der Waals surface area contributed by atoms with Gasteiger partial charge in [0, 0.05) is 12.0 Å². The van der Waals surface area contributed by atoms with Crippen molar-refractivity contribution in [2.75, 3.05) is 0 Å². The molecule has 21 heavy (non-hydrogen) atoms. The third-order valence-corrected chi connectivity index (χ3v) is 4.80. The molecule has 1 aliphatic heterocycles. The van der Waals surface area contributed by atoms with E-state index in [1.54, 1.807) is 0 Å².